The zero-order valence-corrected chi connectivity index (χ0v) is 10.6. The summed E-state index contributed by atoms with van der Waals surface area (Å²) in [6, 6.07) is 2.04. The van der Waals surface area contributed by atoms with Gasteiger partial charge in [0.05, 0.1) is 12.3 Å². The Morgan fingerprint density at radius 2 is 2.12 bits per heavy atom. The van der Waals surface area contributed by atoms with Crippen molar-refractivity contribution < 1.29 is 4.74 Å². The molecule has 17 heavy (non-hydrogen) atoms. The molecule has 5 nitrogen and oxygen atoms in total. The SMILES string of the molecule is CCOCc1cc(N2CCNCC2)nc(C)n1. The minimum Gasteiger partial charge on any atom is -0.375 e. The molecule has 0 atom stereocenters. The average molecular weight is 236 g/mol. The van der Waals surface area contributed by atoms with Crippen molar-refractivity contribution in [2.45, 2.75) is 20.5 Å². The normalized spacial score (nSPS) is 16.2. The summed E-state index contributed by atoms with van der Waals surface area (Å²) in [5.41, 5.74) is 0.966. The first-order valence-electron chi connectivity index (χ1n) is 6.17. The van der Waals surface area contributed by atoms with Gasteiger partial charge < -0.3 is 15.0 Å². The van der Waals surface area contributed by atoms with Crippen LogP contribution in [0.3, 0.4) is 0 Å². The molecule has 1 fully saturated rings. The molecule has 0 bridgehead atoms. The highest BCUT2D eigenvalue weighted by molar-refractivity contribution is 5.40. The van der Waals surface area contributed by atoms with E-state index in [9.17, 15) is 0 Å². The van der Waals surface area contributed by atoms with E-state index in [-0.39, 0.29) is 0 Å². The van der Waals surface area contributed by atoms with Gasteiger partial charge in [-0.1, -0.05) is 0 Å². The van der Waals surface area contributed by atoms with Crippen LogP contribution in [0.25, 0.3) is 0 Å². The Morgan fingerprint density at radius 1 is 1.35 bits per heavy atom. The van der Waals surface area contributed by atoms with Crippen molar-refractivity contribution in [1.29, 1.82) is 0 Å². The predicted octanol–water partition coefficient (Wildman–Crippen LogP) is 0.731. The second-order valence-electron chi connectivity index (χ2n) is 4.14. The Kier molecular flexibility index (Phi) is 4.28. The van der Waals surface area contributed by atoms with Gasteiger partial charge >= 0.3 is 0 Å². The highest BCUT2D eigenvalue weighted by atomic mass is 16.5. The van der Waals surface area contributed by atoms with Gasteiger partial charge in [0.25, 0.3) is 0 Å². The Balaban J connectivity index is 2.12. The number of aryl methyl sites for hydroxylation is 1. The quantitative estimate of drug-likeness (QED) is 0.835. The molecule has 1 saturated heterocycles. The van der Waals surface area contributed by atoms with Crippen LogP contribution in [0, 0.1) is 6.92 Å². The lowest BCUT2D eigenvalue weighted by atomic mass is 10.3. The molecule has 0 aliphatic carbocycles. The molecule has 94 valence electrons. The summed E-state index contributed by atoms with van der Waals surface area (Å²) in [7, 11) is 0. The van der Waals surface area contributed by atoms with Crippen molar-refractivity contribution in [3.63, 3.8) is 0 Å². The first-order valence-corrected chi connectivity index (χ1v) is 6.17. The lowest BCUT2D eigenvalue weighted by Crippen LogP contribution is -2.44. The fourth-order valence-electron chi connectivity index (χ4n) is 1.95. The van der Waals surface area contributed by atoms with Crippen molar-refractivity contribution in [1.82, 2.24) is 15.3 Å². The lowest BCUT2D eigenvalue weighted by molar-refractivity contribution is 0.131. The van der Waals surface area contributed by atoms with Crippen molar-refractivity contribution in [3.8, 4) is 0 Å². The van der Waals surface area contributed by atoms with E-state index in [2.05, 4.69) is 20.2 Å². The molecule has 1 aromatic heterocycles. The van der Waals surface area contributed by atoms with Crippen LogP contribution in [0.1, 0.15) is 18.4 Å². The smallest absolute Gasteiger partial charge is 0.132 e. The van der Waals surface area contributed by atoms with Gasteiger partial charge in [-0.2, -0.15) is 0 Å². The van der Waals surface area contributed by atoms with Crippen LogP contribution in [0.5, 0.6) is 0 Å². The molecule has 0 unspecified atom stereocenters. The molecule has 0 amide bonds. The highest BCUT2D eigenvalue weighted by Gasteiger charge is 2.13. The molecule has 1 aromatic rings. The Hall–Kier alpha value is -1.20. The zero-order chi connectivity index (χ0) is 12.1. The molecular formula is C12H20N4O. The van der Waals surface area contributed by atoms with E-state index in [0.717, 1.165) is 43.5 Å². The molecule has 0 spiro atoms. The minimum absolute atomic E-state index is 0.568. The second-order valence-corrected chi connectivity index (χ2v) is 4.14. The van der Waals surface area contributed by atoms with E-state index < -0.39 is 0 Å². The number of hydrogen-bond donors (Lipinski definition) is 1. The van der Waals surface area contributed by atoms with E-state index in [4.69, 9.17) is 4.74 Å². The molecular weight excluding hydrogens is 216 g/mol. The Morgan fingerprint density at radius 3 is 2.82 bits per heavy atom. The standard InChI is InChI=1S/C12H20N4O/c1-3-17-9-11-8-12(15-10(2)14-11)16-6-4-13-5-7-16/h8,13H,3-7,9H2,1-2H3. The molecule has 5 heteroatoms. The first kappa shape index (κ1) is 12.3. The Labute approximate surface area is 102 Å². The van der Waals surface area contributed by atoms with Crippen LogP contribution in [0.2, 0.25) is 0 Å². The van der Waals surface area contributed by atoms with E-state index in [1.807, 2.05) is 19.9 Å². The summed E-state index contributed by atoms with van der Waals surface area (Å²) in [6.45, 7) is 9.25. The van der Waals surface area contributed by atoms with Gasteiger partial charge in [0.2, 0.25) is 0 Å². The molecule has 2 heterocycles. The van der Waals surface area contributed by atoms with Gasteiger partial charge in [0.15, 0.2) is 0 Å². The molecule has 0 radical (unpaired) electrons. The maximum atomic E-state index is 5.40. The fourth-order valence-corrected chi connectivity index (χ4v) is 1.95. The average Bonchev–Trinajstić information content (AvgIpc) is 2.37. The van der Waals surface area contributed by atoms with Gasteiger partial charge in [-0.3, -0.25) is 0 Å². The molecule has 1 N–H and O–H groups in total. The van der Waals surface area contributed by atoms with Crippen LogP contribution < -0.4 is 10.2 Å². The minimum atomic E-state index is 0.568. The van der Waals surface area contributed by atoms with Gasteiger partial charge in [-0.15, -0.1) is 0 Å². The highest BCUT2D eigenvalue weighted by Crippen LogP contribution is 2.13. The molecule has 2 rings (SSSR count). The van der Waals surface area contributed by atoms with E-state index >= 15 is 0 Å². The van der Waals surface area contributed by atoms with Crippen LogP contribution in [-0.2, 0) is 11.3 Å². The third-order valence-corrected chi connectivity index (χ3v) is 2.77. The largest absolute Gasteiger partial charge is 0.375 e. The lowest BCUT2D eigenvalue weighted by Gasteiger charge is -2.28. The summed E-state index contributed by atoms with van der Waals surface area (Å²) in [5.74, 6) is 1.84. The van der Waals surface area contributed by atoms with E-state index in [1.165, 1.54) is 0 Å². The number of aromatic nitrogens is 2. The van der Waals surface area contributed by atoms with Crippen LogP contribution in [0.15, 0.2) is 6.07 Å². The third kappa shape index (κ3) is 3.38. The predicted molar refractivity (Wildman–Crippen MR) is 67.2 cm³/mol. The monoisotopic (exact) mass is 236 g/mol. The summed E-state index contributed by atoms with van der Waals surface area (Å²) < 4.78 is 5.40. The van der Waals surface area contributed by atoms with Gasteiger partial charge in [0.1, 0.15) is 11.6 Å². The van der Waals surface area contributed by atoms with Crippen molar-refractivity contribution >= 4 is 5.82 Å². The fraction of sp³-hybridized carbons (Fsp3) is 0.667. The first-order chi connectivity index (χ1) is 8.29. The zero-order valence-electron chi connectivity index (χ0n) is 10.6. The molecule has 0 aromatic carbocycles. The van der Waals surface area contributed by atoms with Crippen molar-refractivity contribution in [2.24, 2.45) is 0 Å². The van der Waals surface area contributed by atoms with E-state index in [0.29, 0.717) is 13.2 Å². The van der Waals surface area contributed by atoms with Gasteiger partial charge in [0, 0.05) is 38.9 Å². The number of piperazine rings is 1. The summed E-state index contributed by atoms with van der Waals surface area (Å²) in [5, 5.41) is 3.34. The van der Waals surface area contributed by atoms with Crippen LogP contribution in [0.4, 0.5) is 5.82 Å². The van der Waals surface area contributed by atoms with Crippen molar-refractivity contribution in [2.75, 3.05) is 37.7 Å². The molecule has 1 aliphatic rings. The summed E-state index contributed by atoms with van der Waals surface area (Å²) in [4.78, 5) is 11.2. The van der Waals surface area contributed by atoms with Gasteiger partial charge in [-0.05, 0) is 13.8 Å². The number of anilines is 1. The number of nitrogens with one attached hydrogen (secondary N) is 1. The summed E-state index contributed by atoms with van der Waals surface area (Å²) in [6.07, 6.45) is 0. The number of rotatable bonds is 4. The molecule has 1 aliphatic heterocycles. The molecule has 0 saturated carbocycles. The maximum Gasteiger partial charge on any atom is 0.132 e. The van der Waals surface area contributed by atoms with Crippen LogP contribution in [-0.4, -0.2) is 42.8 Å². The van der Waals surface area contributed by atoms with Gasteiger partial charge in [-0.25, -0.2) is 9.97 Å². The second kappa shape index (κ2) is 5.93. The number of nitrogens with zero attached hydrogens (tertiary/aromatic N) is 3. The van der Waals surface area contributed by atoms with Crippen molar-refractivity contribution in [3.05, 3.63) is 17.6 Å². The topological polar surface area (TPSA) is 50.3 Å². The summed E-state index contributed by atoms with van der Waals surface area (Å²) >= 11 is 0. The van der Waals surface area contributed by atoms with Crippen LogP contribution >= 0.6 is 0 Å². The van der Waals surface area contributed by atoms with E-state index in [1.54, 1.807) is 0 Å². The number of hydrogen-bond acceptors (Lipinski definition) is 5. The maximum absolute atomic E-state index is 5.40. The third-order valence-electron chi connectivity index (χ3n) is 2.77. The number of ether oxygens (including phenoxy) is 1. The Bertz CT molecular complexity index is 364.